The van der Waals surface area contributed by atoms with Gasteiger partial charge in [0.1, 0.15) is 18.0 Å². The lowest BCUT2D eigenvalue weighted by Crippen LogP contribution is -2.22. The van der Waals surface area contributed by atoms with Crippen LogP contribution in [0.25, 0.3) is 22.2 Å². The molecule has 6 nitrogen and oxygen atoms in total. The first-order valence-electron chi connectivity index (χ1n) is 9.00. The van der Waals surface area contributed by atoms with E-state index in [1.807, 2.05) is 12.1 Å². The number of aromatic nitrogens is 3. The SMILES string of the molecule is O=c1c2cccnc2ncn1Cc1c(F)cc(-c2ccc3c(c2)CNN3)cc1F. The summed E-state index contributed by atoms with van der Waals surface area (Å²) in [7, 11) is 0. The van der Waals surface area contributed by atoms with Gasteiger partial charge in [0.05, 0.1) is 17.6 Å². The molecular formula is C21H15F2N5O. The average Bonchev–Trinajstić information content (AvgIpc) is 3.20. The molecule has 0 aliphatic carbocycles. The molecule has 2 N–H and O–H groups in total. The van der Waals surface area contributed by atoms with E-state index >= 15 is 0 Å². The number of hydrogen-bond donors (Lipinski definition) is 2. The van der Waals surface area contributed by atoms with Gasteiger partial charge in [-0.05, 0) is 53.1 Å². The first-order valence-corrected chi connectivity index (χ1v) is 9.00. The van der Waals surface area contributed by atoms with Crippen LogP contribution in [0.4, 0.5) is 14.5 Å². The minimum Gasteiger partial charge on any atom is -0.321 e. The van der Waals surface area contributed by atoms with Gasteiger partial charge >= 0.3 is 0 Å². The molecule has 144 valence electrons. The lowest BCUT2D eigenvalue weighted by Gasteiger charge is -2.11. The predicted octanol–water partition coefficient (Wildman–Crippen LogP) is 3.22. The van der Waals surface area contributed by atoms with Crippen LogP contribution in [-0.2, 0) is 13.1 Å². The molecule has 29 heavy (non-hydrogen) atoms. The van der Waals surface area contributed by atoms with Crippen LogP contribution in [0.1, 0.15) is 11.1 Å². The molecule has 3 heterocycles. The summed E-state index contributed by atoms with van der Waals surface area (Å²) < 4.78 is 30.8. The van der Waals surface area contributed by atoms with Gasteiger partial charge in [-0.3, -0.25) is 9.36 Å². The Balaban J connectivity index is 1.52. The van der Waals surface area contributed by atoms with E-state index in [1.54, 1.807) is 18.2 Å². The maximum absolute atomic E-state index is 14.8. The third-order valence-electron chi connectivity index (χ3n) is 5.01. The minimum absolute atomic E-state index is 0.189. The zero-order chi connectivity index (χ0) is 20.0. The fraction of sp³-hybridized carbons (Fsp3) is 0.0952. The number of hydrogen-bond acceptors (Lipinski definition) is 5. The van der Waals surface area contributed by atoms with Crippen LogP contribution < -0.4 is 16.4 Å². The van der Waals surface area contributed by atoms with Gasteiger partial charge in [0, 0.05) is 18.3 Å². The molecule has 0 bridgehead atoms. The molecule has 4 aromatic rings. The standard InChI is InChI=1S/C21H15F2N5O/c22-17-7-13(12-3-4-19-14(6-12)9-26-27-19)8-18(23)16(17)10-28-11-25-20-15(21(28)29)2-1-5-24-20/h1-8,11,26-27H,9-10H2. The zero-order valence-corrected chi connectivity index (χ0v) is 15.1. The Bertz CT molecular complexity index is 1300. The normalized spacial score (nSPS) is 12.8. The van der Waals surface area contributed by atoms with Crippen molar-refractivity contribution in [3.8, 4) is 11.1 Å². The topological polar surface area (TPSA) is 71.8 Å². The summed E-state index contributed by atoms with van der Waals surface area (Å²) in [6.45, 7) is 0.381. The molecule has 0 saturated carbocycles. The predicted molar refractivity (Wildman–Crippen MR) is 105 cm³/mol. The lowest BCUT2D eigenvalue weighted by atomic mass is 10.00. The summed E-state index contributed by atoms with van der Waals surface area (Å²) in [5.41, 5.74) is 8.85. The van der Waals surface area contributed by atoms with Gasteiger partial charge in [0.2, 0.25) is 0 Å². The van der Waals surface area contributed by atoms with E-state index < -0.39 is 17.2 Å². The third kappa shape index (κ3) is 3.03. The number of halogens is 2. The van der Waals surface area contributed by atoms with E-state index in [4.69, 9.17) is 0 Å². The van der Waals surface area contributed by atoms with Crippen molar-refractivity contribution in [1.82, 2.24) is 20.0 Å². The van der Waals surface area contributed by atoms with Crippen molar-refractivity contribution in [2.24, 2.45) is 0 Å². The summed E-state index contributed by atoms with van der Waals surface area (Å²) >= 11 is 0. The number of anilines is 1. The van der Waals surface area contributed by atoms with Gasteiger partial charge in [-0.15, -0.1) is 0 Å². The Kier molecular flexibility index (Phi) is 4.06. The monoisotopic (exact) mass is 391 g/mol. The van der Waals surface area contributed by atoms with Crippen LogP contribution >= 0.6 is 0 Å². The van der Waals surface area contributed by atoms with Gasteiger partial charge in [0.25, 0.3) is 5.56 Å². The van der Waals surface area contributed by atoms with E-state index in [2.05, 4.69) is 20.8 Å². The number of benzene rings is 2. The molecule has 0 amide bonds. The largest absolute Gasteiger partial charge is 0.321 e. The highest BCUT2D eigenvalue weighted by Gasteiger charge is 2.16. The van der Waals surface area contributed by atoms with Crippen molar-refractivity contribution in [3.63, 3.8) is 0 Å². The Morgan fingerprint density at radius 2 is 1.86 bits per heavy atom. The molecule has 5 rings (SSSR count). The molecule has 0 unspecified atom stereocenters. The van der Waals surface area contributed by atoms with Gasteiger partial charge in [-0.25, -0.2) is 24.2 Å². The van der Waals surface area contributed by atoms with Crippen LogP contribution in [-0.4, -0.2) is 14.5 Å². The number of pyridine rings is 1. The maximum Gasteiger partial charge on any atom is 0.263 e. The average molecular weight is 391 g/mol. The fourth-order valence-electron chi connectivity index (χ4n) is 3.48. The lowest BCUT2D eigenvalue weighted by molar-refractivity contribution is 0.541. The van der Waals surface area contributed by atoms with Crippen LogP contribution in [0.3, 0.4) is 0 Å². The number of nitrogens with zero attached hydrogens (tertiary/aromatic N) is 3. The van der Waals surface area contributed by atoms with E-state index in [0.717, 1.165) is 11.3 Å². The summed E-state index contributed by atoms with van der Waals surface area (Å²) in [6.07, 6.45) is 2.78. The molecular weight excluding hydrogens is 376 g/mol. The second-order valence-corrected chi connectivity index (χ2v) is 6.82. The van der Waals surface area contributed by atoms with Crippen LogP contribution in [0.15, 0.2) is 59.8 Å². The quantitative estimate of drug-likeness (QED) is 0.561. The van der Waals surface area contributed by atoms with Gasteiger partial charge in [-0.2, -0.15) is 0 Å². The summed E-state index contributed by atoms with van der Waals surface area (Å²) in [4.78, 5) is 20.7. The molecule has 1 aliphatic heterocycles. The summed E-state index contributed by atoms with van der Waals surface area (Å²) in [5, 5.41) is 0.299. The second-order valence-electron chi connectivity index (χ2n) is 6.82. The summed E-state index contributed by atoms with van der Waals surface area (Å²) in [6, 6.07) is 11.3. The molecule has 0 fully saturated rings. The van der Waals surface area contributed by atoms with E-state index in [-0.39, 0.29) is 12.1 Å². The Morgan fingerprint density at radius 3 is 2.69 bits per heavy atom. The Hall–Kier alpha value is -3.65. The molecule has 0 radical (unpaired) electrons. The highest BCUT2D eigenvalue weighted by atomic mass is 19.1. The first kappa shape index (κ1) is 17.4. The molecule has 1 aliphatic rings. The molecule has 0 spiro atoms. The van der Waals surface area contributed by atoms with E-state index in [0.29, 0.717) is 28.7 Å². The fourth-order valence-corrected chi connectivity index (χ4v) is 3.48. The minimum atomic E-state index is -0.713. The van der Waals surface area contributed by atoms with Crippen molar-refractivity contribution < 1.29 is 8.78 Å². The zero-order valence-electron chi connectivity index (χ0n) is 15.1. The van der Waals surface area contributed by atoms with Crippen molar-refractivity contribution >= 4 is 16.7 Å². The van der Waals surface area contributed by atoms with Gasteiger partial charge < -0.3 is 5.43 Å². The number of fused-ring (bicyclic) bond motifs is 2. The summed E-state index contributed by atoms with van der Waals surface area (Å²) in [5.74, 6) is -1.43. The molecule has 2 aromatic carbocycles. The number of hydrazine groups is 1. The third-order valence-corrected chi connectivity index (χ3v) is 5.01. The van der Waals surface area contributed by atoms with Crippen LogP contribution in [0.2, 0.25) is 0 Å². The van der Waals surface area contributed by atoms with Crippen molar-refractivity contribution in [3.05, 3.63) is 88.1 Å². The molecule has 2 aromatic heterocycles. The number of nitrogens with one attached hydrogen (secondary N) is 2. The highest BCUT2D eigenvalue weighted by Crippen LogP contribution is 2.29. The van der Waals surface area contributed by atoms with E-state index in [9.17, 15) is 13.6 Å². The first-order chi connectivity index (χ1) is 14.1. The van der Waals surface area contributed by atoms with Crippen LogP contribution in [0, 0.1) is 11.6 Å². The van der Waals surface area contributed by atoms with E-state index in [1.165, 1.54) is 29.2 Å². The molecule has 0 saturated heterocycles. The Morgan fingerprint density at radius 1 is 1.03 bits per heavy atom. The van der Waals surface area contributed by atoms with Crippen molar-refractivity contribution in [1.29, 1.82) is 0 Å². The van der Waals surface area contributed by atoms with Gasteiger partial charge in [0.15, 0.2) is 5.65 Å². The maximum atomic E-state index is 14.8. The van der Waals surface area contributed by atoms with Crippen molar-refractivity contribution in [2.75, 3.05) is 5.43 Å². The number of rotatable bonds is 3. The van der Waals surface area contributed by atoms with Crippen LogP contribution in [0.5, 0.6) is 0 Å². The van der Waals surface area contributed by atoms with Crippen molar-refractivity contribution in [2.45, 2.75) is 13.1 Å². The highest BCUT2D eigenvalue weighted by molar-refractivity contribution is 5.72. The smallest absolute Gasteiger partial charge is 0.263 e. The van der Waals surface area contributed by atoms with Gasteiger partial charge in [-0.1, -0.05) is 6.07 Å². The molecule has 0 atom stereocenters. The second kappa shape index (κ2) is 6.75. The molecule has 8 heteroatoms. The Labute approximate surface area is 163 Å².